The van der Waals surface area contributed by atoms with Crippen molar-refractivity contribution in [3.63, 3.8) is 0 Å². The highest BCUT2D eigenvalue weighted by molar-refractivity contribution is 6.07. The number of aromatic nitrogens is 1. The number of carbonyl (C=O) groups excluding carboxylic acids is 2. The van der Waals surface area contributed by atoms with Gasteiger partial charge in [0.2, 0.25) is 5.88 Å². The zero-order valence-electron chi connectivity index (χ0n) is 20.1. The molecule has 1 N–H and O–H groups in total. The van der Waals surface area contributed by atoms with Gasteiger partial charge < -0.3 is 15.0 Å². The van der Waals surface area contributed by atoms with E-state index in [4.69, 9.17) is 4.74 Å². The number of carbonyl (C=O) groups is 2. The molecule has 0 saturated carbocycles. The smallest absolute Gasteiger partial charge is 0.294 e. The Morgan fingerprint density at radius 2 is 2.09 bits per heavy atom. The summed E-state index contributed by atoms with van der Waals surface area (Å²) >= 11 is 0. The second kappa shape index (κ2) is 11.3. The molecule has 2 aliphatic rings. The van der Waals surface area contributed by atoms with E-state index in [1.807, 2.05) is 30.3 Å². The number of piperidine rings is 1. The monoisotopic (exact) mass is 462 g/mol. The number of fused-ring (bicyclic) bond motifs is 1. The molecule has 2 aliphatic heterocycles. The third-order valence-electron chi connectivity index (χ3n) is 6.62. The lowest BCUT2D eigenvalue weighted by molar-refractivity contribution is -0.117. The lowest BCUT2D eigenvalue weighted by atomic mass is 10.00. The van der Waals surface area contributed by atoms with E-state index >= 15 is 0 Å². The molecule has 3 heterocycles. The number of benzene rings is 1. The van der Waals surface area contributed by atoms with E-state index in [1.54, 1.807) is 24.0 Å². The molecule has 34 heavy (non-hydrogen) atoms. The summed E-state index contributed by atoms with van der Waals surface area (Å²) in [4.78, 5) is 34.4. The molecule has 7 heteroatoms. The summed E-state index contributed by atoms with van der Waals surface area (Å²) in [5.41, 5.74) is 1.91. The normalized spacial score (nSPS) is 19.6. The number of amides is 2. The Bertz CT molecular complexity index is 1040. The molecule has 1 saturated heterocycles. The van der Waals surface area contributed by atoms with Crippen LogP contribution < -0.4 is 15.0 Å². The lowest BCUT2D eigenvalue weighted by Crippen LogP contribution is -2.40. The van der Waals surface area contributed by atoms with Gasteiger partial charge in [0.05, 0.1) is 12.1 Å². The Labute approximate surface area is 201 Å². The molecule has 4 rings (SSSR count). The molecule has 0 aliphatic carbocycles. The van der Waals surface area contributed by atoms with Crippen LogP contribution in [0.5, 0.6) is 5.88 Å². The van der Waals surface area contributed by atoms with Gasteiger partial charge in [-0.1, -0.05) is 43.7 Å². The molecular weight excluding hydrogens is 428 g/mol. The van der Waals surface area contributed by atoms with Crippen molar-refractivity contribution in [2.75, 3.05) is 24.5 Å². The number of pyridine rings is 1. The number of nitrogens with zero attached hydrogens (tertiary/aromatic N) is 3. The van der Waals surface area contributed by atoms with E-state index in [2.05, 4.69) is 22.1 Å². The van der Waals surface area contributed by atoms with Crippen LogP contribution in [0.15, 0.2) is 54.4 Å². The van der Waals surface area contributed by atoms with Gasteiger partial charge in [-0.3, -0.25) is 14.5 Å². The fraction of sp³-hybridized carbons (Fsp3) is 0.444. The van der Waals surface area contributed by atoms with Gasteiger partial charge in [-0.05, 0) is 56.9 Å². The van der Waals surface area contributed by atoms with E-state index in [1.165, 1.54) is 31.9 Å². The number of ether oxygens (including phenoxy) is 1. The maximum Gasteiger partial charge on any atom is 0.294 e. The Balaban J connectivity index is 1.42. The van der Waals surface area contributed by atoms with Crippen LogP contribution in [0.2, 0.25) is 0 Å². The summed E-state index contributed by atoms with van der Waals surface area (Å²) in [6.45, 7) is 7.14. The number of nitrogens with one attached hydrogen (secondary N) is 1. The minimum atomic E-state index is -0.245. The molecule has 180 valence electrons. The van der Waals surface area contributed by atoms with E-state index in [9.17, 15) is 9.59 Å². The maximum atomic E-state index is 13.0. The maximum absolute atomic E-state index is 13.0. The average molecular weight is 463 g/mol. The van der Waals surface area contributed by atoms with Crippen molar-refractivity contribution in [3.8, 4) is 5.88 Å². The predicted octanol–water partition coefficient (Wildman–Crippen LogP) is 4.30. The Hall–Kier alpha value is -3.19. The molecule has 0 radical (unpaired) electrons. The summed E-state index contributed by atoms with van der Waals surface area (Å²) in [5.74, 6) is 0.127. The molecule has 0 bridgehead atoms. The Morgan fingerprint density at radius 1 is 1.26 bits per heavy atom. The molecule has 1 unspecified atom stereocenters. The first-order chi connectivity index (χ1) is 16.6. The number of hydrogen-bond acceptors (Lipinski definition) is 5. The Kier molecular flexibility index (Phi) is 7.95. The fourth-order valence-corrected chi connectivity index (χ4v) is 4.74. The van der Waals surface area contributed by atoms with Gasteiger partial charge in [0.15, 0.2) is 5.76 Å². The van der Waals surface area contributed by atoms with Gasteiger partial charge in [-0.2, -0.15) is 0 Å². The summed E-state index contributed by atoms with van der Waals surface area (Å²) in [5, 5.41) is 3.01. The predicted molar refractivity (Wildman–Crippen MR) is 133 cm³/mol. The number of rotatable bonds is 8. The topological polar surface area (TPSA) is 74.8 Å². The van der Waals surface area contributed by atoms with E-state index in [-0.39, 0.29) is 17.6 Å². The lowest BCUT2D eigenvalue weighted by Gasteiger charge is -2.35. The third kappa shape index (κ3) is 5.47. The number of hydrogen-bond donors (Lipinski definition) is 1. The van der Waals surface area contributed by atoms with Crippen LogP contribution in [0.25, 0.3) is 0 Å². The highest BCUT2D eigenvalue weighted by Crippen LogP contribution is 2.35. The van der Waals surface area contributed by atoms with Crippen LogP contribution in [0.4, 0.5) is 5.69 Å². The quantitative estimate of drug-likeness (QED) is 0.468. The second-order valence-electron chi connectivity index (χ2n) is 8.88. The third-order valence-corrected chi connectivity index (χ3v) is 6.62. The first kappa shape index (κ1) is 24.0. The largest absolute Gasteiger partial charge is 0.432 e. The highest BCUT2D eigenvalue weighted by Gasteiger charge is 2.32. The summed E-state index contributed by atoms with van der Waals surface area (Å²) in [6.07, 6.45) is 9.10. The first-order valence-corrected chi connectivity index (χ1v) is 12.3. The van der Waals surface area contributed by atoms with Crippen molar-refractivity contribution < 1.29 is 14.3 Å². The summed E-state index contributed by atoms with van der Waals surface area (Å²) in [7, 11) is 0. The summed E-state index contributed by atoms with van der Waals surface area (Å²) in [6, 6.07) is 12.1. The number of anilines is 1. The second-order valence-corrected chi connectivity index (χ2v) is 8.88. The zero-order valence-corrected chi connectivity index (χ0v) is 20.1. The van der Waals surface area contributed by atoms with Crippen LogP contribution in [-0.2, 0) is 11.3 Å². The van der Waals surface area contributed by atoms with Gasteiger partial charge in [0.25, 0.3) is 11.8 Å². The van der Waals surface area contributed by atoms with E-state index in [0.29, 0.717) is 36.3 Å². The minimum Gasteiger partial charge on any atom is -0.432 e. The van der Waals surface area contributed by atoms with E-state index in [0.717, 1.165) is 25.1 Å². The minimum absolute atomic E-state index is 0.190. The van der Waals surface area contributed by atoms with Crippen LogP contribution in [0.3, 0.4) is 0 Å². The van der Waals surface area contributed by atoms with Crippen LogP contribution in [0.1, 0.15) is 61.9 Å². The van der Waals surface area contributed by atoms with Gasteiger partial charge >= 0.3 is 0 Å². The van der Waals surface area contributed by atoms with Crippen LogP contribution in [0, 0.1) is 0 Å². The molecule has 1 atom stereocenters. The van der Waals surface area contributed by atoms with Gasteiger partial charge in [-0.25, -0.2) is 4.98 Å². The molecule has 2 amide bonds. The standard InChI is InChI=1S/C27H34N4O3/c1-3-22-13-8-9-15-30(22)16-10-14-28-25(32)21-17-23-26(29-18-21)34-24(4-2)27(33)31(23)19-20-11-6-5-7-12-20/h4-7,11-12,17-18,22H,3,8-10,13-16,19H2,1-2H3,(H,28,32). The van der Waals surface area contributed by atoms with Crippen LogP contribution in [-0.4, -0.2) is 47.4 Å². The van der Waals surface area contributed by atoms with Crippen LogP contribution >= 0.6 is 0 Å². The molecule has 1 fully saturated rings. The van der Waals surface area contributed by atoms with Crippen molar-refractivity contribution in [1.82, 2.24) is 15.2 Å². The van der Waals surface area contributed by atoms with Crippen molar-refractivity contribution in [2.45, 2.75) is 58.5 Å². The number of allylic oxidation sites excluding steroid dienone is 1. The van der Waals surface area contributed by atoms with Gasteiger partial charge in [-0.15, -0.1) is 0 Å². The molecule has 7 nitrogen and oxygen atoms in total. The van der Waals surface area contributed by atoms with E-state index < -0.39 is 0 Å². The zero-order chi connectivity index (χ0) is 23.9. The summed E-state index contributed by atoms with van der Waals surface area (Å²) < 4.78 is 5.70. The SMILES string of the molecule is CC=C1Oc2ncc(C(=O)NCCCN3CCCCC3CC)cc2N(Cc2ccccc2)C1=O. The molecular formula is C27H34N4O3. The first-order valence-electron chi connectivity index (χ1n) is 12.3. The van der Waals surface area contributed by atoms with Crippen molar-refractivity contribution in [2.24, 2.45) is 0 Å². The van der Waals surface area contributed by atoms with Gasteiger partial charge in [0.1, 0.15) is 5.69 Å². The Morgan fingerprint density at radius 3 is 2.85 bits per heavy atom. The average Bonchev–Trinajstić information content (AvgIpc) is 2.88. The molecule has 1 aromatic heterocycles. The van der Waals surface area contributed by atoms with Crippen molar-refractivity contribution >= 4 is 17.5 Å². The van der Waals surface area contributed by atoms with Crippen molar-refractivity contribution in [3.05, 3.63) is 65.6 Å². The van der Waals surface area contributed by atoms with Gasteiger partial charge in [0, 0.05) is 25.3 Å². The highest BCUT2D eigenvalue weighted by atomic mass is 16.5. The molecule has 0 spiro atoms. The fourth-order valence-electron chi connectivity index (χ4n) is 4.74. The number of likely N-dealkylation sites (tertiary alicyclic amines) is 1. The van der Waals surface area contributed by atoms with Crippen molar-refractivity contribution in [1.29, 1.82) is 0 Å². The molecule has 2 aromatic rings. The molecule has 1 aromatic carbocycles.